The van der Waals surface area contributed by atoms with Gasteiger partial charge in [0.1, 0.15) is 12.4 Å². The van der Waals surface area contributed by atoms with E-state index in [0.29, 0.717) is 24.5 Å². The number of aromatic nitrogens is 1. The summed E-state index contributed by atoms with van der Waals surface area (Å²) < 4.78 is 11.9. The van der Waals surface area contributed by atoms with Crippen molar-refractivity contribution in [1.82, 2.24) is 9.88 Å². The van der Waals surface area contributed by atoms with Crippen LogP contribution in [-0.4, -0.2) is 47.2 Å². The van der Waals surface area contributed by atoms with Gasteiger partial charge in [-0.1, -0.05) is 0 Å². The molecular weight excluding hydrogens is 280 g/mol. The van der Waals surface area contributed by atoms with Crippen LogP contribution in [0.3, 0.4) is 0 Å². The first-order valence-electron chi connectivity index (χ1n) is 8.30. The second kappa shape index (κ2) is 5.88. The summed E-state index contributed by atoms with van der Waals surface area (Å²) in [6, 6.07) is 4.07. The van der Waals surface area contributed by atoms with E-state index in [2.05, 4.69) is 9.88 Å². The standard InChI is InChI=1S/C17H22N2O3/c20-17(12-3-4-12)19-9-7-16-15(19)6-5-14(22-16)11-21-13-2-1-8-18-10-13/h1-2,8,10,12,14-16H,3-7,9,11H2/t14-,15-,16-/m0/s1. The highest BCUT2D eigenvalue weighted by atomic mass is 16.5. The SMILES string of the molecule is O=C(C1CC1)N1CC[C@@H]2O[C@H](COc3cccnc3)CC[C@@H]21. The molecule has 1 saturated carbocycles. The van der Waals surface area contributed by atoms with Crippen LogP contribution in [0.1, 0.15) is 32.1 Å². The van der Waals surface area contributed by atoms with Crippen LogP contribution in [-0.2, 0) is 9.53 Å². The quantitative estimate of drug-likeness (QED) is 0.854. The molecule has 1 amide bonds. The Balaban J connectivity index is 1.30. The number of pyridine rings is 1. The zero-order valence-corrected chi connectivity index (χ0v) is 12.7. The number of ether oxygens (including phenoxy) is 2. The van der Waals surface area contributed by atoms with Gasteiger partial charge in [-0.2, -0.15) is 0 Å². The molecule has 0 N–H and O–H groups in total. The van der Waals surface area contributed by atoms with Gasteiger partial charge in [0.2, 0.25) is 5.91 Å². The van der Waals surface area contributed by atoms with Crippen molar-refractivity contribution in [1.29, 1.82) is 0 Å². The lowest BCUT2D eigenvalue weighted by Gasteiger charge is -2.36. The number of fused-ring (bicyclic) bond motifs is 1. The highest BCUT2D eigenvalue weighted by Gasteiger charge is 2.45. The van der Waals surface area contributed by atoms with Crippen molar-refractivity contribution in [3.8, 4) is 5.75 Å². The molecule has 3 atom stereocenters. The van der Waals surface area contributed by atoms with Crippen LogP contribution < -0.4 is 4.74 Å². The third-order valence-corrected chi connectivity index (χ3v) is 4.92. The Hall–Kier alpha value is -1.62. The smallest absolute Gasteiger partial charge is 0.226 e. The van der Waals surface area contributed by atoms with E-state index in [1.165, 1.54) is 0 Å². The number of hydrogen-bond acceptors (Lipinski definition) is 4. The van der Waals surface area contributed by atoms with Crippen molar-refractivity contribution in [2.45, 2.75) is 50.4 Å². The van der Waals surface area contributed by atoms with Crippen LogP contribution in [0.5, 0.6) is 5.75 Å². The van der Waals surface area contributed by atoms with E-state index in [0.717, 1.165) is 44.4 Å². The lowest BCUT2D eigenvalue weighted by Crippen LogP contribution is -2.46. The molecule has 1 aromatic rings. The number of rotatable bonds is 4. The van der Waals surface area contributed by atoms with Crippen LogP contribution >= 0.6 is 0 Å². The molecule has 2 saturated heterocycles. The Labute approximate surface area is 130 Å². The van der Waals surface area contributed by atoms with Crippen LogP contribution in [0.4, 0.5) is 0 Å². The van der Waals surface area contributed by atoms with Gasteiger partial charge in [0.05, 0.1) is 24.4 Å². The maximum atomic E-state index is 12.3. The molecule has 1 aromatic heterocycles. The molecule has 3 fully saturated rings. The minimum atomic E-state index is 0.123. The van der Waals surface area contributed by atoms with Crippen molar-refractivity contribution in [3.05, 3.63) is 24.5 Å². The van der Waals surface area contributed by atoms with Crippen molar-refractivity contribution in [2.75, 3.05) is 13.2 Å². The fourth-order valence-electron chi connectivity index (χ4n) is 3.58. The molecule has 22 heavy (non-hydrogen) atoms. The lowest BCUT2D eigenvalue weighted by molar-refractivity contribution is -0.139. The second-order valence-electron chi connectivity index (χ2n) is 6.54. The average molecular weight is 302 g/mol. The maximum Gasteiger partial charge on any atom is 0.226 e. The van der Waals surface area contributed by atoms with Crippen molar-refractivity contribution < 1.29 is 14.3 Å². The topological polar surface area (TPSA) is 51.7 Å². The Morgan fingerprint density at radius 2 is 2.23 bits per heavy atom. The molecule has 3 heterocycles. The maximum absolute atomic E-state index is 12.3. The van der Waals surface area contributed by atoms with Crippen molar-refractivity contribution in [3.63, 3.8) is 0 Å². The molecule has 5 heteroatoms. The van der Waals surface area contributed by atoms with Crippen LogP contribution in [0.25, 0.3) is 0 Å². The van der Waals surface area contributed by atoms with Crippen LogP contribution in [0, 0.1) is 5.92 Å². The van der Waals surface area contributed by atoms with E-state index in [1.807, 2.05) is 12.1 Å². The highest BCUT2D eigenvalue weighted by molar-refractivity contribution is 5.81. The largest absolute Gasteiger partial charge is 0.489 e. The summed E-state index contributed by atoms with van der Waals surface area (Å²) in [5.41, 5.74) is 0. The van der Waals surface area contributed by atoms with Gasteiger partial charge >= 0.3 is 0 Å². The molecule has 5 nitrogen and oxygen atoms in total. The van der Waals surface area contributed by atoms with Gasteiger partial charge in [-0.25, -0.2) is 0 Å². The summed E-state index contributed by atoms with van der Waals surface area (Å²) in [5.74, 6) is 1.46. The number of nitrogens with zero attached hydrogens (tertiary/aromatic N) is 2. The Kier molecular flexibility index (Phi) is 3.74. The minimum Gasteiger partial charge on any atom is -0.489 e. The van der Waals surface area contributed by atoms with Gasteiger partial charge < -0.3 is 14.4 Å². The molecule has 3 aliphatic rings. The molecule has 0 bridgehead atoms. The average Bonchev–Trinajstić information content (AvgIpc) is 3.33. The van der Waals surface area contributed by atoms with Crippen molar-refractivity contribution in [2.24, 2.45) is 5.92 Å². The van der Waals surface area contributed by atoms with Gasteiger partial charge in [-0.15, -0.1) is 0 Å². The fourth-order valence-corrected chi connectivity index (χ4v) is 3.58. The molecule has 0 radical (unpaired) electrons. The summed E-state index contributed by atoms with van der Waals surface area (Å²) in [7, 11) is 0. The second-order valence-corrected chi connectivity index (χ2v) is 6.54. The summed E-state index contributed by atoms with van der Waals surface area (Å²) >= 11 is 0. The zero-order valence-electron chi connectivity index (χ0n) is 12.7. The summed E-state index contributed by atoms with van der Waals surface area (Å²) in [6.45, 7) is 1.42. The monoisotopic (exact) mass is 302 g/mol. The summed E-state index contributed by atoms with van der Waals surface area (Å²) in [5, 5.41) is 0. The fraction of sp³-hybridized carbons (Fsp3) is 0.647. The Bertz CT molecular complexity index is 532. The first-order valence-corrected chi connectivity index (χ1v) is 8.30. The molecule has 4 rings (SSSR count). The minimum absolute atomic E-state index is 0.123. The van der Waals surface area contributed by atoms with Crippen LogP contribution in [0.15, 0.2) is 24.5 Å². The molecule has 0 spiro atoms. The number of hydrogen-bond donors (Lipinski definition) is 0. The normalized spacial score (nSPS) is 30.9. The van der Waals surface area contributed by atoms with Gasteiger partial charge in [-0.3, -0.25) is 9.78 Å². The Morgan fingerprint density at radius 3 is 3.00 bits per heavy atom. The summed E-state index contributed by atoms with van der Waals surface area (Å²) in [6.07, 6.45) is 8.88. The molecule has 0 unspecified atom stereocenters. The summed E-state index contributed by atoms with van der Waals surface area (Å²) in [4.78, 5) is 18.4. The van der Waals surface area contributed by atoms with Crippen LogP contribution in [0.2, 0.25) is 0 Å². The van der Waals surface area contributed by atoms with E-state index in [9.17, 15) is 4.79 Å². The van der Waals surface area contributed by atoms with E-state index in [-0.39, 0.29) is 12.2 Å². The zero-order chi connectivity index (χ0) is 14.9. The third-order valence-electron chi connectivity index (χ3n) is 4.92. The van der Waals surface area contributed by atoms with Gasteiger partial charge in [0, 0.05) is 18.7 Å². The molecule has 2 aliphatic heterocycles. The molecular formula is C17H22N2O3. The van der Waals surface area contributed by atoms with E-state index < -0.39 is 0 Å². The van der Waals surface area contributed by atoms with E-state index in [4.69, 9.17) is 9.47 Å². The van der Waals surface area contributed by atoms with Gasteiger partial charge in [-0.05, 0) is 44.2 Å². The molecule has 118 valence electrons. The number of carbonyl (C=O) groups is 1. The Morgan fingerprint density at radius 1 is 1.32 bits per heavy atom. The number of amides is 1. The highest BCUT2D eigenvalue weighted by Crippen LogP contribution is 2.37. The molecule has 0 aromatic carbocycles. The predicted molar refractivity (Wildman–Crippen MR) is 80.5 cm³/mol. The van der Waals surface area contributed by atoms with E-state index >= 15 is 0 Å². The number of carbonyl (C=O) groups excluding carboxylic acids is 1. The first-order chi connectivity index (χ1) is 10.8. The number of likely N-dealkylation sites (tertiary alicyclic amines) is 1. The first kappa shape index (κ1) is 14.0. The van der Waals surface area contributed by atoms with E-state index in [1.54, 1.807) is 12.4 Å². The van der Waals surface area contributed by atoms with Gasteiger partial charge in [0.15, 0.2) is 0 Å². The lowest BCUT2D eigenvalue weighted by atomic mass is 9.99. The third kappa shape index (κ3) is 2.82. The van der Waals surface area contributed by atoms with Gasteiger partial charge in [0.25, 0.3) is 0 Å². The predicted octanol–water partition coefficient (Wildman–Crippen LogP) is 2.02. The van der Waals surface area contributed by atoms with Crippen molar-refractivity contribution >= 4 is 5.91 Å². The molecule has 1 aliphatic carbocycles.